The van der Waals surface area contributed by atoms with Crippen LogP contribution < -0.4 is 10.5 Å². The molecule has 0 bridgehead atoms. The van der Waals surface area contributed by atoms with Crippen molar-refractivity contribution in [2.24, 2.45) is 0 Å². The Morgan fingerprint density at radius 3 is 2.76 bits per heavy atom. The zero-order valence-corrected chi connectivity index (χ0v) is 16.4. The average Bonchev–Trinajstić information content (AvgIpc) is 3.24. The molecule has 0 spiro atoms. The van der Waals surface area contributed by atoms with Gasteiger partial charge in [-0.3, -0.25) is 9.78 Å². The van der Waals surface area contributed by atoms with E-state index in [1.54, 1.807) is 29.2 Å². The van der Waals surface area contributed by atoms with Gasteiger partial charge in [0, 0.05) is 30.6 Å². The number of nitrogens with zero attached hydrogens (tertiary/aromatic N) is 6. The van der Waals surface area contributed by atoms with E-state index >= 15 is 0 Å². The number of aryl methyl sites for hydroxylation is 2. The van der Waals surface area contributed by atoms with Gasteiger partial charge in [0.25, 0.3) is 5.56 Å². The molecule has 3 aromatic heterocycles. The monoisotopic (exact) mass is 388 g/mol. The Hall–Kier alpha value is -3.09. The van der Waals surface area contributed by atoms with Gasteiger partial charge in [-0.1, -0.05) is 0 Å². The highest BCUT2D eigenvalue weighted by Gasteiger charge is 2.28. The smallest absolute Gasteiger partial charge is 0.266 e. The van der Waals surface area contributed by atoms with Gasteiger partial charge in [-0.2, -0.15) is 10.2 Å². The molecule has 29 heavy (non-hydrogen) atoms. The number of fused-ring (bicyclic) bond motifs is 1. The van der Waals surface area contributed by atoms with Gasteiger partial charge in [0.2, 0.25) is 0 Å². The predicted molar refractivity (Wildman–Crippen MR) is 111 cm³/mol. The van der Waals surface area contributed by atoms with Gasteiger partial charge >= 0.3 is 0 Å². The van der Waals surface area contributed by atoms with E-state index in [1.165, 1.54) is 18.4 Å². The van der Waals surface area contributed by atoms with E-state index in [0.717, 1.165) is 55.0 Å². The fourth-order valence-corrected chi connectivity index (χ4v) is 4.40. The lowest BCUT2D eigenvalue weighted by molar-refractivity contribution is 0.487. The highest BCUT2D eigenvalue weighted by Crippen LogP contribution is 2.28. The van der Waals surface area contributed by atoms with Crippen LogP contribution in [-0.4, -0.2) is 37.5 Å². The molecule has 2 aliphatic rings. The Morgan fingerprint density at radius 2 is 1.86 bits per heavy atom. The molecule has 1 atom stereocenters. The first-order valence-corrected chi connectivity index (χ1v) is 10.4. The van der Waals surface area contributed by atoms with Crippen LogP contribution in [0, 0.1) is 0 Å². The third-order valence-electron chi connectivity index (χ3n) is 5.95. The topological polar surface area (TPSA) is 76.8 Å². The Bertz CT molecular complexity index is 1060. The van der Waals surface area contributed by atoms with Crippen molar-refractivity contribution in [1.29, 1.82) is 0 Å². The molecule has 1 saturated heterocycles. The molecule has 3 aromatic rings. The van der Waals surface area contributed by atoms with E-state index < -0.39 is 0 Å². The van der Waals surface area contributed by atoms with Crippen LogP contribution in [0.4, 0.5) is 5.82 Å². The third kappa shape index (κ3) is 3.64. The van der Waals surface area contributed by atoms with E-state index in [1.807, 2.05) is 12.1 Å². The van der Waals surface area contributed by atoms with Gasteiger partial charge in [0.15, 0.2) is 5.82 Å². The standard InChI is InChI=1S/C22H24N6O/c29-22-8-7-20(16-9-11-23-12-10-16)26-28(22)15-18-5-3-13-27(18)21-14-17-4-1-2-6-19(17)24-25-21/h7-12,14,18H,1-6,13,15H2. The minimum absolute atomic E-state index is 0.0776. The van der Waals surface area contributed by atoms with Crippen LogP contribution in [0.5, 0.6) is 0 Å². The largest absolute Gasteiger partial charge is 0.350 e. The molecule has 0 radical (unpaired) electrons. The molecule has 0 aromatic carbocycles. The molecule has 1 aliphatic carbocycles. The maximum absolute atomic E-state index is 12.5. The fraction of sp³-hybridized carbons (Fsp3) is 0.409. The molecule has 1 aliphatic heterocycles. The maximum Gasteiger partial charge on any atom is 0.266 e. The lowest BCUT2D eigenvalue weighted by Gasteiger charge is -2.27. The van der Waals surface area contributed by atoms with Crippen molar-refractivity contribution in [1.82, 2.24) is 25.0 Å². The summed E-state index contributed by atoms with van der Waals surface area (Å²) < 4.78 is 1.59. The van der Waals surface area contributed by atoms with Gasteiger partial charge in [0.1, 0.15) is 0 Å². The average molecular weight is 388 g/mol. The minimum Gasteiger partial charge on any atom is -0.350 e. The summed E-state index contributed by atoms with van der Waals surface area (Å²) in [6.45, 7) is 1.49. The van der Waals surface area contributed by atoms with E-state index in [9.17, 15) is 4.79 Å². The molecule has 4 heterocycles. The van der Waals surface area contributed by atoms with Gasteiger partial charge in [-0.15, -0.1) is 5.10 Å². The van der Waals surface area contributed by atoms with Crippen molar-refractivity contribution in [2.75, 3.05) is 11.4 Å². The maximum atomic E-state index is 12.5. The molecule has 1 unspecified atom stereocenters. The third-order valence-corrected chi connectivity index (χ3v) is 5.95. The Labute approximate surface area is 169 Å². The molecule has 0 N–H and O–H groups in total. The Kier molecular flexibility index (Phi) is 4.79. The quantitative estimate of drug-likeness (QED) is 0.684. The first kappa shape index (κ1) is 18.0. The van der Waals surface area contributed by atoms with Gasteiger partial charge in [-0.05, 0) is 68.4 Å². The van der Waals surface area contributed by atoms with E-state index in [4.69, 9.17) is 0 Å². The van der Waals surface area contributed by atoms with Crippen LogP contribution in [0.1, 0.15) is 36.9 Å². The summed E-state index contributed by atoms with van der Waals surface area (Å²) in [6.07, 6.45) is 10.1. The second kappa shape index (κ2) is 7.73. The van der Waals surface area contributed by atoms with E-state index in [0.29, 0.717) is 6.54 Å². The highest BCUT2D eigenvalue weighted by atomic mass is 16.1. The molecule has 148 valence electrons. The Morgan fingerprint density at radius 1 is 1.00 bits per heavy atom. The van der Waals surface area contributed by atoms with Gasteiger partial charge < -0.3 is 4.90 Å². The number of hydrogen-bond donors (Lipinski definition) is 0. The summed E-state index contributed by atoms with van der Waals surface area (Å²) in [4.78, 5) is 18.8. The lowest BCUT2D eigenvalue weighted by Crippen LogP contribution is -2.37. The molecule has 1 fully saturated rings. The van der Waals surface area contributed by atoms with Crippen molar-refractivity contribution in [3.8, 4) is 11.3 Å². The lowest BCUT2D eigenvalue weighted by atomic mass is 9.97. The van der Waals surface area contributed by atoms with Crippen LogP contribution in [0.3, 0.4) is 0 Å². The fourth-order valence-electron chi connectivity index (χ4n) is 4.40. The van der Waals surface area contributed by atoms with E-state index in [2.05, 4.69) is 31.2 Å². The highest BCUT2D eigenvalue weighted by molar-refractivity contribution is 5.57. The summed E-state index contributed by atoms with van der Waals surface area (Å²) in [5, 5.41) is 13.6. The second-order valence-electron chi connectivity index (χ2n) is 7.85. The summed E-state index contributed by atoms with van der Waals surface area (Å²) >= 11 is 0. The molecule has 5 rings (SSSR count). The number of pyridine rings is 1. The molecule has 0 amide bonds. The van der Waals surface area contributed by atoms with Crippen LogP contribution in [0.25, 0.3) is 11.3 Å². The van der Waals surface area contributed by atoms with Crippen LogP contribution >= 0.6 is 0 Å². The number of rotatable bonds is 4. The van der Waals surface area contributed by atoms with Crippen LogP contribution in [0.2, 0.25) is 0 Å². The summed E-state index contributed by atoms with van der Waals surface area (Å²) in [7, 11) is 0. The summed E-state index contributed by atoms with van der Waals surface area (Å²) in [5.74, 6) is 0.937. The van der Waals surface area contributed by atoms with E-state index in [-0.39, 0.29) is 11.6 Å². The zero-order chi connectivity index (χ0) is 19.6. The summed E-state index contributed by atoms with van der Waals surface area (Å²) in [6, 6.07) is 9.59. The van der Waals surface area contributed by atoms with Gasteiger partial charge in [-0.25, -0.2) is 4.68 Å². The van der Waals surface area contributed by atoms with Crippen molar-refractivity contribution in [2.45, 2.75) is 51.1 Å². The second-order valence-corrected chi connectivity index (χ2v) is 7.85. The minimum atomic E-state index is -0.0776. The predicted octanol–water partition coefficient (Wildman–Crippen LogP) is 2.64. The van der Waals surface area contributed by atoms with Crippen LogP contribution in [0.15, 0.2) is 47.5 Å². The number of anilines is 1. The molecular formula is C22H24N6O. The van der Waals surface area contributed by atoms with Gasteiger partial charge in [0.05, 0.1) is 24.0 Å². The molecule has 0 saturated carbocycles. The Balaban J connectivity index is 1.41. The van der Waals surface area contributed by atoms with Crippen molar-refractivity contribution in [3.05, 3.63) is 64.3 Å². The number of aromatic nitrogens is 5. The summed E-state index contributed by atoms with van der Waals surface area (Å²) in [5.41, 5.74) is 4.15. The zero-order valence-electron chi connectivity index (χ0n) is 16.4. The molecule has 7 heteroatoms. The first-order valence-electron chi connectivity index (χ1n) is 10.4. The van der Waals surface area contributed by atoms with Crippen molar-refractivity contribution in [3.63, 3.8) is 0 Å². The number of hydrogen-bond acceptors (Lipinski definition) is 6. The molecular weight excluding hydrogens is 364 g/mol. The van der Waals surface area contributed by atoms with Crippen LogP contribution in [-0.2, 0) is 19.4 Å². The SMILES string of the molecule is O=c1ccc(-c2ccncc2)nn1CC1CCCN1c1cc2c(nn1)CCCC2. The first-order chi connectivity index (χ1) is 14.3. The van der Waals surface area contributed by atoms with Crippen molar-refractivity contribution >= 4 is 5.82 Å². The van der Waals surface area contributed by atoms with Crippen molar-refractivity contribution < 1.29 is 0 Å². The normalized spacial score (nSPS) is 18.6. The molecule has 7 nitrogen and oxygen atoms in total.